The lowest BCUT2D eigenvalue weighted by atomic mass is 9.89. The maximum absolute atomic E-state index is 6.27. The molecule has 6 heteroatoms. The highest BCUT2D eigenvalue weighted by atomic mass is 35.5. The zero-order valence-electron chi connectivity index (χ0n) is 15.0. The molecule has 0 radical (unpaired) electrons. The molecule has 0 saturated carbocycles. The van der Waals surface area contributed by atoms with Crippen molar-refractivity contribution in [2.24, 2.45) is 0 Å². The van der Waals surface area contributed by atoms with Gasteiger partial charge < -0.3 is 0 Å². The summed E-state index contributed by atoms with van der Waals surface area (Å²) < 4.78 is 0. The first-order valence-corrected chi connectivity index (χ1v) is 10.0. The van der Waals surface area contributed by atoms with Crippen molar-refractivity contribution in [3.63, 3.8) is 0 Å². The highest BCUT2D eigenvalue weighted by Crippen LogP contribution is 2.32. The van der Waals surface area contributed by atoms with Crippen molar-refractivity contribution in [3.05, 3.63) is 81.4 Å². The van der Waals surface area contributed by atoms with Gasteiger partial charge in [0.1, 0.15) is 0 Å². The van der Waals surface area contributed by atoms with Gasteiger partial charge in [0.2, 0.25) is 0 Å². The zero-order valence-corrected chi connectivity index (χ0v) is 16.5. The van der Waals surface area contributed by atoms with E-state index in [4.69, 9.17) is 23.2 Å². The number of likely N-dealkylation sites (tertiary alicyclic amines) is 1. The van der Waals surface area contributed by atoms with Crippen LogP contribution in [0, 0.1) is 0 Å². The molecule has 2 aromatic heterocycles. The van der Waals surface area contributed by atoms with E-state index in [1.54, 1.807) is 12.4 Å². The molecule has 27 heavy (non-hydrogen) atoms. The zero-order chi connectivity index (χ0) is 18.6. The molecule has 1 N–H and O–H groups in total. The van der Waals surface area contributed by atoms with Crippen LogP contribution in [0.2, 0.25) is 10.0 Å². The van der Waals surface area contributed by atoms with E-state index in [1.165, 1.54) is 16.8 Å². The normalized spacial score (nSPS) is 15.9. The summed E-state index contributed by atoms with van der Waals surface area (Å²) in [5.41, 5.74) is 4.89. The van der Waals surface area contributed by atoms with Crippen molar-refractivity contribution in [3.8, 4) is 0 Å². The second-order valence-electron chi connectivity index (χ2n) is 7.10. The van der Waals surface area contributed by atoms with Gasteiger partial charge in [-0.05, 0) is 37.1 Å². The Bertz CT molecular complexity index is 866. The van der Waals surface area contributed by atoms with Crippen LogP contribution in [0.3, 0.4) is 0 Å². The number of nitrogens with zero attached hydrogens (tertiary/aromatic N) is 3. The van der Waals surface area contributed by atoms with Crippen LogP contribution in [-0.2, 0) is 13.0 Å². The smallest absolute Gasteiger partial charge is 0.0649 e. The molecule has 4 rings (SSSR count). The van der Waals surface area contributed by atoms with Crippen molar-refractivity contribution in [1.29, 1.82) is 0 Å². The van der Waals surface area contributed by atoms with Gasteiger partial charge >= 0.3 is 0 Å². The van der Waals surface area contributed by atoms with E-state index in [-0.39, 0.29) is 0 Å². The van der Waals surface area contributed by atoms with Crippen LogP contribution in [0.5, 0.6) is 0 Å². The Balaban J connectivity index is 1.39. The molecule has 1 aliphatic heterocycles. The van der Waals surface area contributed by atoms with E-state index < -0.39 is 0 Å². The molecule has 0 aliphatic carbocycles. The lowest BCUT2D eigenvalue weighted by molar-refractivity contribution is 0.203. The van der Waals surface area contributed by atoms with Gasteiger partial charge in [-0.15, -0.1) is 0 Å². The summed E-state index contributed by atoms with van der Waals surface area (Å²) in [7, 11) is 0. The summed E-state index contributed by atoms with van der Waals surface area (Å²) in [4.78, 5) is 6.45. The fraction of sp³-hybridized carbons (Fsp3) is 0.333. The molecule has 0 spiro atoms. The van der Waals surface area contributed by atoms with Crippen LogP contribution in [0.4, 0.5) is 0 Å². The SMILES string of the molecule is Clc1cncc(Cl)c1CN1CCC(c2[nH]ncc2Cc2ccccc2)CC1. The fourth-order valence-electron chi connectivity index (χ4n) is 3.82. The van der Waals surface area contributed by atoms with Crippen LogP contribution in [0.1, 0.15) is 41.1 Å². The number of hydrogen-bond acceptors (Lipinski definition) is 3. The van der Waals surface area contributed by atoms with E-state index in [0.717, 1.165) is 44.5 Å². The predicted octanol–water partition coefficient (Wildman–Crippen LogP) is 5.08. The Hall–Kier alpha value is -1.88. The Kier molecular flexibility index (Phi) is 5.77. The van der Waals surface area contributed by atoms with E-state index >= 15 is 0 Å². The Labute approximate surface area is 169 Å². The average Bonchev–Trinajstić information content (AvgIpc) is 3.14. The highest BCUT2D eigenvalue weighted by molar-refractivity contribution is 6.35. The van der Waals surface area contributed by atoms with E-state index in [0.29, 0.717) is 16.0 Å². The fourth-order valence-corrected chi connectivity index (χ4v) is 4.31. The number of aromatic nitrogens is 3. The largest absolute Gasteiger partial charge is 0.299 e. The monoisotopic (exact) mass is 400 g/mol. The number of nitrogens with one attached hydrogen (secondary N) is 1. The van der Waals surface area contributed by atoms with Gasteiger partial charge in [0.15, 0.2) is 0 Å². The van der Waals surface area contributed by atoms with Crippen LogP contribution < -0.4 is 0 Å². The number of benzene rings is 1. The molecule has 3 heterocycles. The summed E-state index contributed by atoms with van der Waals surface area (Å²) in [5.74, 6) is 0.519. The first kappa shape index (κ1) is 18.5. The van der Waals surface area contributed by atoms with Crippen LogP contribution in [-0.4, -0.2) is 33.2 Å². The average molecular weight is 401 g/mol. The van der Waals surface area contributed by atoms with Gasteiger partial charge in [-0.25, -0.2) is 0 Å². The third kappa shape index (κ3) is 4.34. The Morgan fingerprint density at radius 1 is 1.00 bits per heavy atom. The number of rotatable bonds is 5. The second kappa shape index (κ2) is 8.42. The van der Waals surface area contributed by atoms with Crippen molar-refractivity contribution in [2.45, 2.75) is 31.7 Å². The molecule has 0 unspecified atom stereocenters. The molecule has 3 aromatic rings. The van der Waals surface area contributed by atoms with E-state index in [2.05, 4.69) is 50.4 Å². The minimum atomic E-state index is 0.519. The number of H-pyrrole nitrogens is 1. The van der Waals surface area contributed by atoms with Crippen molar-refractivity contribution >= 4 is 23.2 Å². The number of halogens is 2. The topological polar surface area (TPSA) is 44.8 Å². The van der Waals surface area contributed by atoms with Crippen LogP contribution in [0.25, 0.3) is 0 Å². The maximum Gasteiger partial charge on any atom is 0.0649 e. The van der Waals surface area contributed by atoms with Gasteiger partial charge in [-0.2, -0.15) is 5.10 Å². The predicted molar refractivity (Wildman–Crippen MR) is 109 cm³/mol. The second-order valence-corrected chi connectivity index (χ2v) is 7.92. The molecular weight excluding hydrogens is 379 g/mol. The van der Waals surface area contributed by atoms with Crippen LogP contribution in [0.15, 0.2) is 48.9 Å². The number of hydrogen-bond donors (Lipinski definition) is 1. The third-order valence-corrected chi connectivity index (χ3v) is 5.97. The van der Waals surface area contributed by atoms with Gasteiger partial charge in [0.25, 0.3) is 0 Å². The molecule has 4 nitrogen and oxygen atoms in total. The lowest BCUT2D eigenvalue weighted by Gasteiger charge is -2.32. The quantitative estimate of drug-likeness (QED) is 0.648. The summed E-state index contributed by atoms with van der Waals surface area (Å²) in [5, 5.41) is 8.87. The third-order valence-electron chi connectivity index (χ3n) is 5.32. The first-order valence-electron chi connectivity index (χ1n) is 9.27. The van der Waals surface area contributed by atoms with Crippen molar-refractivity contribution in [1.82, 2.24) is 20.1 Å². The Morgan fingerprint density at radius 2 is 1.70 bits per heavy atom. The number of piperidine rings is 1. The highest BCUT2D eigenvalue weighted by Gasteiger charge is 2.24. The molecule has 1 fully saturated rings. The molecule has 1 aliphatic rings. The summed E-state index contributed by atoms with van der Waals surface area (Å²) >= 11 is 12.5. The minimum absolute atomic E-state index is 0.519. The summed E-state index contributed by atoms with van der Waals surface area (Å²) in [6.45, 7) is 2.81. The van der Waals surface area contributed by atoms with Gasteiger partial charge in [0, 0.05) is 42.5 Å². The van der Waals surface area contributed by atoms with Gasteiger partial charge in [-0.1, -0.05) is 53.5 Å². The van der Waals surface area contributed by atoms with Crippen LogP contribution >= 0.6 is 23.2 Å². The van der Waals surface area contributed by atoms with E-state index in [1.807, 2.05) is 6.20 Å². The van der Waals surface area contributed by atoms with Gasteiger partial charge in [0.05, 0.1) is 16.2 Å². The number of aromatic amines is 1. The number of pyridine rings is 1. The standard InChI is InChI=1S/C21H22Cl2N4/c22-19-12-24-13-20(23)18(19)14-27-8-6-16(7-9-27)21-17(11-25-26-21)10-15-4-2-1-3-5-15/h1-5,11-13,16H,6-10,14H2,(H,25,26). The first-order chi connectivity index (χ1) is 13.2. The minimum Gasteiger partial charge on any atom is -0.299 e. The summed E-state index contributed by atoms with van der Waals surface area (Å²) in [6, 6.07) is 10.6. The Morgan fingerprint density at radius 3 is 2.41 bits per heavy atom. The van der Waals surface area contributed by atoms with Crippen molar-refractivity contribution in [2.75, 3.05) is 13.1 Å². The molecule has 0 amide bonds. The molecule has 1 aromatic carbocycles. The molecule has 0 atom stereocenters. The molecule has 0 bridgehead atoms. The van der Waals surface area contributed by atoms with E-state index in [9.17, 15) is 0 Å². The molecule has 140 valence electrons. The van der Waals surface area contributed by atoms with Crippen molar-refractivity contribution < 1.29 is 0 Å². The molecular formula is C21H22Cl2N4. The van der Waals surface area contributed by atoms with Gasteiger partial charge in [-0.3, -0.25) is 15.0 Å². The lowest BCUT2D eigenvalue weighted by Crippen LogP contribution is -2.33. The molecule has 1 saturated heterocycles. The maximum atomic E-state index is 6.27. The summed E-state index contributed by atoms with van der Waals surface area (Å²) in [6.07, 6.45) is 8.43.